The Labute approximate surface area is 180 Å². The van der Waals surface area contributed by atoms with Crippen molar-refractivity contribution in [2.45, 2.75) is 37.9 Å². The minimum absolute atomic E-state index is 0.0464. The van der Waals surface area contributed by atoms with Gasteiger partial charge in [-0.1, -0.05) is 0 Å². The van der Waals surface area contributed by atoms with E-state index in [2.05, 4.69) is 15.6 Å². The molecule has 0 spiro atoms. The third-order valence-corrected chi connectivity index (χ3v) is 6.32. The minimum Gasteiger partial charge on any atom is -0.353 e. The number of likely N-dealkylation sites (tertiary alicyclic amines) is 1. The molecule has 3 unspecified atom stereocenters. The van der Waals surface area contributed by atoms with Gasteiger partial charge in [-0.05, 0) is 32.1 Å². The average molecular weight is 460 g/mol. The van der Waals surface area contributed by atoms with Crippen LogP contribution in [0, 0.1) is 40.9 Å². The molecule has 2 aliphatic heterocycles. The van der Waals surface area contributed by atoms with Gasteiger partial charge in [-0.25, -0.2) is 31.3 Å². The number of hydrogen-bond acceptors (Lipinski definition) is 4. The first-order valence-electron chi connectivity index (χ1n) is 10.3. The molecule has 1 aliphatic carbocycles. The zero-order chi connectivity index (χ0) is 23.2. The van der Waals surface area contributed by atoms with E-state index in [0.717, 1.165) is 6.21 Å². The van der Waals surface area contributed by atoms with Crippen LogP contribution in [0.4, 0.5) is 26.3 Å². The van der Waals surface area contributed by atoms with Gasteiger partial charge in [0.2, 0.25) is 11.7 Å². The van der Waals surface area contributed by atoms with Crippen molar-refractivity contribution in [2.24, 2.45) is 16.8 Å². The molecule has 5 nitrogen and oxygen atoms in total. The predicted molar refractivity (Wildman–Crippen MR) is 104 cm³/mol. The normalized spacial score (nSPS) is 27.8. The SMILES string of the molecule is CC1(NCC2CCN(C(=O)C3CC3c3c(F)c(F)c(F)c(F)c3F)CC2)N=CC(F)=CN1. The first-order chi connectivity index (χ1) is 15.1. The summed E-state index contributed by atoms with van der Waals surface area (Å²) in [4.78, 5) is 18.4. The molecule has 2 N–H and O–H groups in total. The predicted octanol–water partition coefficient (Wildman–Crippen LogP) is 3.47. The highest BCUT2D eigenvalue weighted by molar-refractivity contribution is 5.83. The van der Waals surface area contributed by atoms with Crippen LogP contribution in [0.5, 0.6) is 0 Å². The number of aliphatic imine (C=N–C) groups is 1. The van der Waals surface area contributed by atoms with Gasteiger partial charge in [-0.3, -0.25) is 10.1 Å². The number of allylic oxidation sites excluding steroid dienone is 1. The monoisotopic (exact) mass is 460 g/mol. The Morgan fingerprint density at radius 1 is 1.09 bits per heavy atom. The molecule has 4 rings (SSSR count). The zero-order valence-corrected chi connectivity index (χ0v) is 17.2. The van der Waals surface area contributed by atoms with Crippen LogP contribution in [-0.2, 0) is 4.79 Å². The summed E-state index contributed by atoms with van der Waals surface area (Å²) in [6, 6.07) is 0. The van der Waals surface area contributed by atoms with Crippen LogP contribution < -0.4 is 10.6 Å². The molecule has 0 aromatic heterocycles. The number of amides is 1. The van der Waals surface area contributed by atoms with Crippen molar-refractivity contribution in [2.75, 3.05) is 19.6 Å². The molecule has 1 aromatic carbocycles. The number of benzene rings is 1. The summed E-state index contributed by atoms with van der Waals surface area (Å²) in [5.41, 5.74) is -0.905. The van der Waals surface area contributed by atoms with Gasteiger partial charge < -0.3 is 10.2 Å². The van der Waals surface area contributed by atoms with Gasteiger partial charge in [0.15, 0.2) is 34.9 Å². The molecule has 1 saturated carbocycles. The molecule has 3 aliphatic rings. The molecule has 2 heterocycles. The van der Waals surface area contributed by atoms with Crippen LogP contribution >= 0.6 is 0 Å². The van der Waals surface area contributed by atoms with Crippen molar-refractivity contribution in [3.8, 4) is 0 Å². The van der Waals surface area contributed by atoms with E-state index in [1.54, 1.807) is 11.8 Å². The van der Waals surface area contributed by atoms with E-state index < -0.39 is 58.1 Å². The lowest BCUT2D eigenvalue weighted by Gasteiger charge is -2.35. The Bertz CT molecular complexity index is 962. The van der Waals surface area contributed by atoms with Crippen LogP contribution in [0.25, 0.3) is 0 Å². The van der Waals surface area contributed by atoms with Crippen molar-refractivity contribution in [3.63, 3.8) is 0 Å². The fourth-order valence-corrected chi connectivity index (χ4v) is 4.24. The van der Waals surface area contributed by atoms with Crippen LogP contribution in [0.3, 0.4) is 0 Å². The second kappa shape index (κ2) is 8.42. The van der Waals surface area contributed by atoms with E-state index in [-0.39, 0.29) is 18.2 Å². The molecule has 0 bridgehead atoms. The lowest BCUT2D eigenvalue weighted by molar-refractivity contribution is -0.134. The number of halogens is 6. The summed E-state index contributed by atoms with van der Waals surface area (Å²) in [7, 11) is 0. The molecular formula is C21H22F6N4O. The second-order valence-electron chi connectivity index (χ2n) is 8.59. The summed E-state index contributed by atoms with van der Waals surface area (Å²) in [6.45, 7) is 3.19. The van der Waals surface area contributed by atoms with Crippen LogP contribution in [0.1, 0.15) is 37.7 Å². The second-order valence-corrected chi connectivity index (χ2v) is 8.59. The van der Waals surface area contributed by atoms with E-state index in [9.17, 15) is 31.1 Å². The van der Waals surface area contributed by atoms with Gasteiger partial charge in [0.05, 0.1) is 6.21 Å². The van der Waals surface area contributed by atoms with Crippen molar-refractivity contribution >= 4 is 12.1 Å². The fourth-order valence-electron chi connectivity index (χ4n) is 4.24. The summed E-state index contributed by atoms with van der Waals surface area (Å²) < 4.78 is 81.3. The highest BCUT2D eigenvalue weighted by atomic mass is 19.2. The Morgan fingerprint density at radius 2 is 1.69 bits per heavy atom. The number of rotatable bonds is 5. The molecular weight excluding hydrogens is 438 g/mol. The van der Waals surface area contributed by atoms with Crippen LogP contribution in [-0.4, -0.2) is 42.4 Å². The van der Waals surface area contributed by atoms with E-state index >= 15 is 0 Å². The maximum Gasteiger partial charge on any atom is 0.226 e. The van der Waals surface area contributed by atoms with Gasteiger partial charge in [-0.2, -0.15) is 0 Å². The summed E-state index contributed by atoms with van der Waals surface area (Å²) in [5.74, 6) is -13.1. The van der Waals surface area contributed by atoms with Crippen LogP contribution in [0.2, 0.25) is 0 Å². The lowest BCUT2D eigenvalue weighted by atomic mass is 9.96. The van der Waals surface area contributed by atoms with Gasteiger partial charge in [0.1, 0.15) is 0 Å². The van der Waals surface area contributed by atoms with E-state index in [0.29, 0.717) is 32.5 Å². The fraction of sp³-hybridized carbons (Fsp3) is 0.524. The molecule has 2 fully saturated rings. The largest absolute Gasteiger partial charge is 0.353 e. The van der Waals surface area contributed by atoms with E-state index in [4.69, 9.17) is 0 Å². The van der Waals surface area contributed by atoms with Crippen molar-refractivity contribution in [3.05, 3.63) is 46.7 Å². The van der Waals surface area contributed by atoms with Gasteiger partial charge in [0.25, 0.3) is 0 Å². The lowest BCUT2D eigenvalue weighted by Crippen LogP contribution is -2.54. The van der Waals surface area contributed by atoms with Crippen molar-refractivity contribution in [1.82, 2.24) is 15.5 Å². The molecule has 11 heteroatoms. The number of hydrogen-bond donors (Lipinski definition) is 2. The van der Waals surface area contributed by atoms with Gasteiger partial charge in [-0.15, -0.1) is 0 Å². The number of nitrogens with zero attached hydrogens (tertiary/aromatic N) is 2. The quantitative estimate of drug-likeness (QED) is 0.402. The first kappa shape index (κ1) is 22.6. The third-order valence-electron chi connectivity index (χ3n) is 6.32. The molecule has 1 amide bonds. The standard InChI is InChI=1S/C21H22F6N4O/c1-21(29-8-11(22)9-30-21)28-7-10-2-4-31(5-3-10)20(32)13-6-12(13)14-15(23)17(25)19(27)18(26)16(14)24/h8-10,12-13,28-29H,2-7H2,1H3. The van der Waals surface area contributed by atoms with Gasteiger partial charge in [0, 0.05) is 43.2 Å². The van der Waals surface area contributed by atoms with Crippen molar-refractivity contribution < 1.29 is 31.1 Å². The summed E-state index contributed by atoms with van der Waals surface area (Å²) >= 11 is 0. The van der Waals surface area contributed by atoms with Crippen LogP contribution in [0.15, 0.2) is 17.0 Å². The number of carbonyl (C=O) groups excluding carboxylic acids is 1. The average Bonchev–Trinajstić information content (AvgIpc) is 3.57. The Morgan fingerprint density at radius 3 is 2.25 bits per heavy atom. The topological polar surface area (TPSA) is 56.7 Å². The first-order valence-corrected chi connectivity index (χ1v) is 10.3. The highest BCUT2D eigenvalue weighted by Crippen LogP contribution is 2.51. The van der Waals surface area contributed by atoms with E-state index in [1.165, 1.54) is 6.20 Å². The summed E-state index contributed by atoms with van der Waals surface area (Å²) in [6.07, 6.45) is 3.73. The number of carbonyl (C=O) groups is 1. The molecule has 174 valence electrons. The van der Waals surface area contributed by atoms with E-state index in [1.807, 2.05) is 0 Å². The molecule has 1 aromatic rings. The Hall–Kier alpha value is -2.56. The Balaban J connectivity index is 1.30. The highest BCUT2D eigenvalue weighted by Gasteiger charge is 2.50. The van der Waals surface area contributed by atoms with Gasteiger partial charge >= 0.3 is 0 Å². The minimum atomic E-state index is -2.20. The number of piperidine rings is 1. The number of nitrogens with one attached hydrogen (secondary N) is 2. The maximum atomic E-state index is 14.0. The molecule has 0 radical (unpaired) electrons. The smallest absolute Gasteiger partial charge is 0.226 e. The summed E-state index contributed by atoms with van der Waals surface area (Å²) in [5, 5.41) is 6.04. The zero-order valence-electron chi connectivity index (χ0n) is 17.2. The molecule has 3 atom stereocenters. The molecule has 1 saturated heterocycles. The molecule has 32 heavy (non-hydrogen) atoms. The Kier molecular flexibility index (Phi) is 5.95. The van der Waals surface area contributed by atoms with Crippen molar-refractivity contribution in [1.29, 1.82) is 0 Å². The maximum absolute atomic E-state index is 14.0. The third kappa shape index (κ3) is 4.22.